The lowest BCUT2D eigenvalue weighted by Crippen LogP contribution is -2.20. The summed E-state index contributed by atoms with van der Waals surface area (Å²) >= 11 is 1.72. The van der Waals surface area contributed by atoms with E-state index in [0.29, 0.717) is 11.8 Å². The standard InChI is InChI=1S/C16H20N2OS/c1-20-12-8-6-11(7-9-12)10-17-18-16(19)15-13-4-2-3-5-14(13)15/h6-10,13-15H,2-5H2,1H3,(H,18,19)/b17-10+. The van der Waals surface area contributed by atoms with E-state index in [2.05, 4.69) is 28.9 Å². The zero-order chi connectivity index (χ0) is 13.9. The molecule has 2 aliphatic rings. The summed E-state index contributed by atoms with van der Waals surface area (Å²) in [7, 11) is 0. The summed E-state index contributed by atoms with van der Waals surface area (Å²) in [5.41, 5.74) is 3.71. The Morgan fingerprint density at radius 1 is 1.25 bits per heavy atom. The number of benzene rings is 1. The van der Waals surface area contributed by atoms with Gasteiger partial charge in [-0.2, -0.15) is 5.10 Å². The van der Waals surface area contributed by atoms with E-state index in [1.807, 2.05) is 12.1 Å². The van der Waals surface area contributed by atoms with Gasteiger partial charge in [0, 0.05) is 10.8 Å². The Labute approximate surface area is 124 Å². The van der Waals surface area contributed by atoms with Crippen LogP contribution in [0.3, 0.4) is 0 Å². The van der Waals surface area contributed by atoms with Crippen LogP contribution in [-0.2, 0) is 4.79 Å². The first-order valence-electron chi connectivity index (χ1n) is 7.26. The lowest BCUT2D eigenvalue weighted by atomic mass is 10.0. The Bertz CT molecular complexity index is 500. The number of hydrogen-bond donors (Lipinski definition) is 1. The van der Waals surface area contributed by atoms with Crippen LogP contribution in [0.15, 0.2) is 34.3 Å². The normalized spacial score (nSPS) is 28.1. The van der Waals surface area contributed by atoms with Crippen LogP contribution in [0.1, 0.15) is 31.2 Å². The number of fused-ring (bicyclic) bond motifs is 1. The molecule has 20 heavy (non-hydrogen) atoms. The van der Waals surface area contributed by atoms with Crippen LogP contribution in [0.25, 0.3) is 0 Å². The maximum absolute atomic E-state index is 12.0. The lowest BCUT2D eigenvalue weighted by molar-refractivity contribution is -0.122. The molecule has 0 saturated heterocycles. The van der Waals surface area contributed by atoms with Crippen molar-refractivity contribution >= 4 is 23.9 Å². The van der Waals surface area contributed by atoms with Crippen molar-refractivity contribution in [1.29, 1.82) is 0 Å². The molecule has 2 atom stereocenters. The van der Waals surface area contributed by atoms with Gasteiger partial charge >= 0.3 is 0 Å². The van der Waals surface area contributed by atoms with Crippen LogP contribution in [0.2, 0.25) is 0 Å². The Morgan fingerprint density at radius 3 is 2.50 bits per heavy atom. The minimum absolute atomic E-state index is 0.110. The fourth-order valence-electron chi connectivity index (χ4n) is 3.32. The van der Waals surface area contributed by atoms with Crippen molar-refractivity contribution in [3.05, 3.63) is 29.8 Å². The van der Waals surface area contributed by atoms with Crippen LogP contribution >= 0.6 is 11.8 Å². The largest absolute Gasteiger partial charge is 0.273 e. The fraction of sp³-hybridized carbons (Fsp3) is 0.500. The summed E-state index contributed by atoms with van der Waals surface area (Å²) in [5, 5.41) is 4.08. The Morgan fingerprint density at radius 2 is 1.90 bits per heavy atom. The number of thioether (sulfide) groups is 1. The number of amides is 1. The molecule has 0 aromatic heterocycles. The number of carbonyl (C=O) groups is 1. The number of hydrogen-bond acceptors (Lipinski definition) is 3. The second-order valence-electron chi connectivity index (χ2n) is 5.65. The summed E-state index contributed by atoms with van der Waals surface area (Å²) in [6.45, 7) is 0. The molecule has 0 heterocycles. The fourth-order valence-corrected chi connectivity index (χ4v) is 3.72. The van der Waals surface area contributed by atoms with E-state index in [4.69, 9.17) is 0 Å². The maximum Gasteiger partial charge on any atom is 0.243 e. The minimum Gasteiger partial charge on any atom is -0.273 e. The molecule has 4 heteroatoms. The average Bonchev–Trinajstić information content (AvgIpc) is 3.22. The molecule has 1 aromatic carbocycles. The second-order valence-corrected chi connectivity index (χ2v) is 6.53. The molecule has 2 fully saturated rings. The van der Waals surface area contributed by atoms with Gasteiger partial charge in [-0.05, 0) is 48.6 Å². The van der Waals surface area contributed by atoms with Crippen LogP contribution in [0.4, 0.5) is 0 Å². The highest BCUT2D eigenvalue weighted by Crippen LogP contribution is 2.55. The Kier molecular flexibility index (Phi) is 4.10. The predicted molar refractivity (Wildman–Crippen MR) is 82.9 cm³/mol. The third-order valence-corrected chi connectivity index (χ3v) is 5.21. The first kappa shape index (κ1) is 13.7. The van der Waals surface area contributed by atoms with Gasteiger partial charge < -0.3 is 0 Å². The van der Waals surface area contributed by atoms with Crippen LogP contribution in [0, 0.1) is 17.8 Å². The second kappa shape index (κ2) is 6.00. The van der Waals surface area contributed by atoms with E-state index >= 15 is 0 Å². The van der Waals surface area contributed by atoms with Crippen molar-refractivity contribution in [2.45, 2.75) is 30.6 Å². The first-order valence-corrected chi connectivity index (χ1v) is 8.49. The maximum atomic E-state index is 12.0. The number of nitrogens with one attached hydrogen (secondary N) is 1. The van der Waals surface area contributed by atoms with E-state index in [0.717, 1.165) is 5.56 Å². The summed E-state index contributed by atoms with van der Waals surface area (Å²) in [4.78, 5) is 13.3. The van der Waals surface area contributed by atoms with Crippen LogP contribution in [-0.4, -0.2) is 18.4 Å². The molecule has 3 nitrogen and oxygen atoms in total. The van der Waals surface area contributed by atoms with Crippen molar-refractivity contribution in [3.63, 3.8) is 0 Å². The van der Waals surface area contributed by atoms with Gasteiger partial charge in [0.1, 0.15) is 0 Å². The monoisotopic (exact) mass is 288 g/mol. The third-order valence-electron chi connectivity index (χ3n) is 4.46. The van der Waals surface area contributed by atoms with Gasteiger partial charge in [-0.15, -0.1) is 11.8 Å². The van der Waals surface area contributed by atoms with Gasteiger partial charge in [-0.1, -0.05) is 25.0 Å². The first-order chi connectivity index (χ1) is 9.79. The van der Waals surface area contributed by atoms with Crippen molar-refractivity contribution < 1.29 is 4.79 Å². The van der Waals surface area contributed by atoms with Gasteiger partial charge in [0.05, 0.1) is 6.21 Å². The molecule has 1 N–H and O–H groups in total. The van der Waals surface area contributed by atoms with Gasteiger partial charge in [-0.25, -0.2) is 5.43 Å². The molecular formula is C16H20N2OS. The van der Waals surface area contributed by atoms with Gasteiger partial charge in [-0.3, -0.25) is 4.79 Å². The van der Waals surface area contributed by atoms with Crippen molar-refractivity contribution in [2.75, 3.05) is 6.26 Å². The van der Waals surface area contributed by atoms with E-state index < -0.39 is 0 Å². The molecular weight excluding hydrogens is 268 g/mol. The SMILES string of the molecule is CSc1ccc(/C=N/NC(=O)C2C3CCCCC32)cc1. The number of hydrazone groups is 1. The number of rotatable bonds is 4. The highest BCUT2D eigenvalue weighted by molar-refractivity contribution is 7.98. The molecule has 106 valence electrons. The Balaban J connectivity index is 1.51. The summed E-state index contributed by atoms with van der Waals surface area (Å²) < 4.78 is 0. The topological polar surface area (TPSA) is 41.5 Å². The average molecular weight is 288 g/mol. The molecule has 0 spiro atoms. The van der Waals surface area contributed by atoms with Gasteiger partial charge in [0.25, 0.3) is 0 Å². The Hall–Kier alpha value is -1.29. The molecule has 2 aliphatic carbocycles. The highest BCUT2D eigenvalue weighted by Gasteiger charge is 2.54. The molecule has 0 aliphatic heterocycles. The highest BCUT2D eigenvalue weighted by atomic mass is 32.2. The van der Waals surface area contributed by atoms with E-state index in [1.165, 1.54) is 30.6 Å². The van der Waals surface area contributed by atoms with Gasteiger partial charge in [0.2, 0.25) is 5.91 Å². The lowest BCUT2D eigenvalue weighted by Gasteiger charge is -2.04. The quantitative estimate of drug-likeness (QED) is 0.525. The van der Waals surface area contributed by atoms with E-state index in [-0.39, 0.29) is 11.8 Å². The van der Waals surface area contributed by atoms with Crippen molar-refractivity contribution in [2.24, 2.45) is 22.9 Å². The molecule has 2 unspecified atom stereocenters. The third kappa shape index (κ3) is 2.90. The van der Waals surface area contributed by atoms with E-state index in [1.54, 1.807) is 18.0 Å². The summed E-state index contributed by atoms with van der Waals surface area (Å²) in [6.07, 6.45) is 8.80. The molecule has 1 amide bonds. The van der Waals surface area contributed by atoms with Crippen molar-refractivity contribution in [1.82, 2.24) is 5.43 Å². The zero-order valence-electron chi connectivity index (χ0n) is 11.7. The van der Waals surface area contributed by atoms with Crippen LogP contribution < -0.4 is 5.43 Å². The predicted octanol–water partition coefficient (Wildman–Crippen LogP) is 3.29. The molecule has 2 saturated carbocycles. The molecule has 1 aromatic rings. The molecule has 0 radical (unpaired) electrons. The number of carbonyl (C=O) groups excluding carboxylic acids is 1. The number of nitrogens with zero attached hydrogens (tertiary/aromatic N) is 1. The zero-order valence-corrected chi connectivity index (χ0v) is 12.5. The molecule has 3 rings (SSSR count). The van der Waals surface area contributed by atoms with E-state index in [9.17, 15) is 4.79 Å². The molecule has 0 bridgehead atoms. The summed E-state index contributed by atoms with van der Waals surface area (Å²) in [5.74, 6) is 1.62. The minimum atomic E-state index is 0.110. The van der Waals surface area contributed by atoms with Gasteiger partial charge in [0.15, 0.2) is 0 Å². The smallest absolute Gasteiger partial charge is 0.243 e. The van der Waals surface area contributed by atoms with Crippen molar-refractivity contribution in [3.8, 4) is 0 Å². The summed E-state index contributed by atoms with van der Waals surface area (Å²) in [6, 6.07) is 8.14. The van der Waals surface area contributed by atoms with Crippen LogP contribution in [0.5, 0.6) is 0 Å².